The number of aromatic nitrogens is 1. The molecule has 2 fully saturated rings. The van der Waals surface area contributed by atoms with E-state index < -0.39 is 6.03 Å². The summed E-state index contributed by atoms with van der Waals surface area (Å²) in [5.41, 5.74) is 0.587. The van der Waals surface area contributed by atoms with E-state index in [0.29, 0.717) is 18.1 Å². The van der Waals surface area contributed by atoms with Gasteiger partial charge in [-0.15, -0.1) is 12.4 Å². The van der Waals surface area contributed by atoms with Crippen LogP contribution in [-0.4, -0.2) is 66.0 Å². The smallest absolute Gasteiger partial charge is 0.314 e. The summed E-state index contributed by atoms with van der Waals surface area (Å²) in [4.78, 5) is 43.4. The zero-order valence-electron chi connectivity index (χ0n) is 15.4. The van der Waals surface area contributed by atoms with Crippen LogP contribution in [0.3, 0.4) is 0 Å². The summed E-state index contributed by atoms with van der Waals surface area (Å²) in [5.74, 6) is -0.0470. The van der Waals surface area contributed by atoms with Gasteiger partial charge >= 0.3 is 6.03 Å². The second kappa shape index (κ2) is 9.12. The molecule has 4 amide bonds. The molecule has 2 atom stereocenters. The fraction of sp³-hybridized carbons (Fsp3) is 0.529. The number of imide groups is 1. The minimum Gasteiger partial charge on any atom is -0.314 e. The Bertz CT molecular complexity index is 706. The number of nitrogens with zero attached hydrogens (tertiary/aromatic N) is 3. The Morgan fingerprint density at radius 2 is 2.00 bits per heavy atom. The summed E-state index contributed by atoms with van der Waals surface area (Å²) in [5, 5.41) is 8.41. The molecule has 0 radical (unpaired) electrons. The van der Waals surface area contributed by atoms with Crippen LogP contribution in [0.5, 0.6) is 0 Å². The Kier molecular flexibility index (Phi) is 7.11. The fourth-order valence-corrected chi connectivity index (χ4v) is 3.30. The highest BCUT2D eigenvalue weighted by Crippen LogP contribution is 2.19. The number of nitrogens with one attached hydrogen (secondary N) is 3. The molecule has 0 aromatic carbocycles. The monoisotopic (exact) mass is 396 g/mol. The molecule has 27 heavy (non-hydrogen) atoms. The molecule has 10 heteroatoms. The largest absolute Gasteiger partial charge is 0.328 e. The van der Waals surface area contributed by atoms with Gasteiger partial charge in [-0.05, 0) is 19.9 Å². The van der Waals surface area contributed by atoms with Crippen LogP contribution in [0, 0.1) is 0 Å². The van der Waals surface area contributed by atoms with Crippen LogP contribution in [-0.2, 0) is 9.59 Å². The number of anilines is 2. The molecule has 3 N–H and O–H groups in total. The van der Waals surface area contributed by atoms with Gasteiger partial charge in [0, 0.05) is 50.4 Å². The minimum atomic E-state index is -0.465. The number of rotatable bonds is 4. The first-order chi connectivity index (χ1) is 12.4. The molecule has 3 rings (SSSR count). The highest BCUT2D eigenvalue weighted by Gasteiger charge is 2.27. The second-order valence-electron chi connectivity index (χ2n) is 6.73. The molecule has 2 aliphatic heterocycles. The van der Waals surface area contributed by atoms with Gasteiger partial charge in [0.25, 0.3) is 0 Å². The van der Waals surface area contributed by atoms with Crippen LogP contribution in [0.1, 0.15) is 20.3 Å². The number of amides is 4. The number of carbonyl (C=O) groups is 3. The lowest BCUT2D eigenvalue weighted by Gasteiger charge is -2.38. The van der Waals surface area contributed by atoms with E-state index >= 15 is 0 Å². The van der Waals surface area contributed by atoms with Crippen molar-refractivity contribution in [2.75, 3.05) is 36.4 Å². The zero-order valence-corrected chi connectivity index (χ0v) is 16.2. The number of halogens is 1. The topological polar surface area (TPSA) is 107 Å². The van der Waals surface area contributed by atoms with Crippen molar-refractivity contribution in [3.05, 3.63) is 18.3 Å². The lowest BCUT2D eigenvalue weighted by atomic mass is 10.1. The van der Waals surface area contributed by atoms with E-state index in [1.54, 1.807) is 12.1 Å². The molecule has 0 spiro atoms. The van der Waals surface area contributed by atoms with Gasteiger partial charge in [0.05, 0.1) is 12.2 Å². The maximum absolute atomic E-state index is 12.4. The molecule has 3 heterocycles. The van der Waals surface area contributed by atoms with Gasteiger partial charge in [0.15, 0.2) is 0 Å². The standard InChI is InChI=1S/C17H24N6O3.ClH/c1-11-8-18-9-12(2)23(11)10-16(25)20-14-7-13(3-5-19-14)22-6-4-15(24)21-17(22)26;/h3,5,7,11-12,18H,4,6,8-10H2,1-2H3,(H,19,20,25)(H,21,24,26);1H/t11-,12+;. The van der Waals surface area contributed by atoms with Crippen LogP contribution in [0.2, 0.25) is 0 Å². The first-order valence-corrected chi connectivity index (χ1v) is 8.78. The summed E-state index contributed by atoms with van der Waals surface area (Å²) in [7, 11) is 0. The van der Waals surface area contributed by atoms with Crippen molar-refractivity contribution < 1.29 is 14.4 Å². The van der Waals surface area contributed by atoms with E-state index in [1.807, 2.05) is 0 Å². The van der Waals surface area contributed by atoms with Gasteiger partial charge in [-0.2, -0.15) is 0 Å². The number of urea groups is 1. The Balaban J connectivity index is 0.00000261. The van der Waals surface area contributed by atoms with Crippen LogP contribution < -0.4 is 20.9 Å². The molecule has 9 nitrogen and oxygen atoms in total. The van der Waals surface area contributed by atoms with Crippen molar-refractivity contribution in [3.63, 3.8) is 0 Å². The van der Waals surface area contributed by atoms with Crippen LogP contribution >= 0.6 is 12.4 Å². The number of piperazine rings is 1. The lowest BCUT2D eigenvalue weighted by molar-refractivity contribution is -0.120. The van der Waals surface area contributed by atoms with Crippen LogP contribution in [0.4, 0.5) is 16.3 Å². The SMILES string of the molecule is C[C@@H]1CNC[C@H](C)N1CC(=O)Nc1cc(N2CCC(=O)NC2=O)ccn1.Cl. The number of hydrogen-bond acceptors (Lipinski definition) is 6. The van der Waals surface area contributed by atoms with E-state index in [0.717, 1.165) is 13.1 Å². The van der Waals surface area contributed by atoms with Crippen LogP contribution in [0.15, 0.2) is 18.3 Å². The molecule has 2 aliphatic rings. The highest BCUT2D eigenvalue weighted by molar-refractivity contribution is 6.05. The van der Waals surface area contributed by atoms with Crippen molar-refractivity contribution in [1.82, 2.24) is 20.5 Å². The normalized spacial score (nSPS) is 23.4. The lowest BCUT2D eigenvalue weighted by Crippen LogP contribution is -2.56. The Morgan fingerprint density at radius 1 is 1.30 bits per heavy atom. The average Bonchev–Trinajstić information content (AvgIpc) is 2.58. The Morgan fingerprint density at radius 3 is 2.67 bits per heavy atom. The third kappa shape index (κ3) is 5.15. The molecule has 0 saturated carbocycles. The quantitative estimate of drug-likeness (QED) is 0.687. The summed E-state index contributed by atoms with van der Waals surface area (Å²) in [6.07, 6.45) is 1.78. The Hall–Kier alpha value is -2.23. The van der Waals surface area contributed by atoms with Crippen molar-refractivity contribution in [2.45, 2.75) is 32.4 Å². The van der Waals surface area contributed by atoms with E-state index in [4.69, 9.17) is 0 Å². The van der Waals surface area contributed by atoms with Gasteiger partial charge in [-0.1, -0.05) is 0 Å². The molecule has 0 aliphatic carbocycles. The molecule has 1 aromatic heterocycles. The predicted octanol–water partition coefficient (Wildman–Crippen LogP) is 0.570. The highest BCUT2D eigenvalue weighted by atomic mass is 35.5. The summed E-state index contributed by atoms with van der Waals surface area (Å²) >= 11 is 0. The predicted molar refractivity (Wildman–Crippen MR) is 104 cm³/mol. The first-order valence-electron chi connectivity index (χ1n) is 8.78. The van der Waals surface area contributed by atoms with E-state index in [9.17, 15) is 14.4 Å². The molecule has 0 bridgehead atoms. The van der Waals surface area contributed by atoms with Gasteiger partial charge < -0.3 is 10.6 Å². The van der Waals surface area contributed by atoms with E-state index in [-0.39, 0.29) is 49.3 Å². The first kappa shape index (κ1) is 21.1. The van der Waals surface area contributed by atoms with Gasteiger partial charge in [-0.25, -0.2) is 9.78 Å². The Labute approximate surface area is 164 Å². The maximum atomic E-state index is 12.4. The third-order valence-electron chi connectivity index (χ3n) is 4.71. The van der Waals surface area contributed by atoms with Crippen molar-refractivity contribution in [2.24, 2.45) is 0 Å². The molecule has 2 saturated heterocycles. The van der Waals surface area contributed by atoms with Crippen molar-refractivity contribution >= 4 is 41.8 Å². The minimum absolute atomic E-state index is 0. The van der Waals surface area contributed by atoms with Crippen molar-refractivity contribution in [1.29, 1.82) is 0 Å². The summed E-state index contributed by atoms with van der Waals surface area (Å²) in [6.45, 7) is 6.48. The molecule has 148 valence electrons. The molecular weight excluding hydrogens is 372 g/mol. The van der Waals surface area contributed by atoms with Gasteiger partial charge in [-0.3, -0.25) is 24.7 Å². The van der Waals surface area contributed by atoms with Gasteiger partial charge in [0.2, 0.25) is 11.8 Å². The maximum Gasteiger partial charge on any atom is 0.328 e. The second-order valence-corrected chi connectivity index (χ2v) is 6.73. The number of pyridine rings is 1. The average molecular weight is 397 g/mol. The number of carbonyl (C=O) groups excluding carboxylic acids is 3. The molecular formula is C17H25ClN6O3. The zero-order chi connectivity index (χ0) is 18.7. The summed E-state index contributed by atoms with van der Waals surface area (Å²) in [6, 6.07) is 3.40. The van der Waals surface area contributed by atoms with Gasteiger partial charge in [0.1, 0.15) is 5.82 Å². The van der Waals surface area contributed by atoms with E-state index in [2.05, 4.69) is 39.7 Å². The fourth-order valence-electron chi connectivity index (χ4n) is 3.30. The van der Waals surface area contributed by atoms with Crippen LogP contribution in [0.25, 0.3) is 0 Å². The van der Waals surface area contributed by atoms with Crippen molar-refractivity contribution in [3.8, 4) is 0 Å². The third-order valence-corrected chi connectivity index (χ3v) is 4.71. The number of hydrogen-bond donors (Lipinski definition) is 3. The molecule has 1 aromatic rings. The van der Waals surface area contributed by atoms with E-state index in [1.165, 1.54) is 11.1 Å². The molecule has 0 unspecified atom stereocenters. The summed E-state index contributed by atoms with van der Waals surface area (Å²) < 4.78 is 0.